The van der Waals surface area contributed by atoms with Gasteiger partial charge < -0.3 is 10.1 Å². The minimum atomic E-state index is 0.405. The molecule has 0 amide bonds. The fourth-order valence-electron chi connectivity index (χ4n) is 2.15. The minimum absolute atomic E-state index is 0.405. The number of benzene rings is 1. The van der Waals surface area contributed by atoms with Crippen LogP contribution in [0.3, 0.4) is 0 Å². The van der Waals surface area contributed by atoms with E-state index in [4.69, 9.17) is 4.74 Å². The van der Waals surface area contributed by atoms with E-state index in [9.17, 15) is 0 Å². The SMILES string of the molecule is CCCc1nc(NC)cc(Oc2ccccc2C(C)C)n1. The van der Waals surface area contributed by atoms with Gasteiger partial charge in [-0.25, -0.2) is 4.98 Å². The molecule has 0 aliphatic rings. The van der Waals surface area contributed by atoms with Gasteiger partial charge in [-0.1, -0.05) is 39.0 Å². The number of anilines is 1. The average molecular weight is 285 g/mol. The second-order valence-corrected chi connectivity index (χ2v) is 5.30. The van der Waals surface area contributed by atoms with E-state index in [0.717, 1.165) is 30.2 Å². The predicted molar refractivity (Wildman–Crippen MR) is 86.2 cm³/mol. The number of aryl methyl sites for hydroxylation is 1. The first kappa shape index (κ1) is 15.3. The van der Waals surface area contributed by atoms with E-state index in [0.29, 0.717) is 11.8 Å². The molecular formula is C17H23N3O. The van der Waals surface area contributed by atoms with Crippen molar-refractivity contribution in [1.82, 2.24) is 9.97 Å². The second kappa shape index (κ2) is 7.07. The summed E-state index contributed by atoms with van der Waals surface area (Å²) in [5.41, 5.74) is 1.18. The summed E-state index contributed by atoms with van der Waals surface area (Å²) >= 11 is 0. The lowest BCUT2D eigenvalue weighted by molar-refractivity contribution is 0.450. The van der Waals surface area contributed by atoms with E-state index in [1.165, 1.54) is 5.56 Å². The molecule has 0 atom stereocenters. The molecule has 2 aromatic rings. The van der Waals surface area contributed by atoms with E-state index in [-0.39, 0.29) is 0 Å². The number of para-hydroxylation sites is 1. The summed E-state index contributed by atoms with van der Waals surface area (Å²) in [6, 6.07) is 9.91. The zero-order valence-electron chi connectivity index (χ0n) is 13.2. The molecule has 0 saturated carbocycles. The van der Waals surface area contributed by atoms with Gasteiger partial charge in [0.15, 0.2) is 0 Å². The summed E-state index contributed by atoms with van der Waals surface area (Å²) < 4.78 is 6.01. The molecule has 4 nitrogen and oxygen atoms in total. The summed E-state index contributed by atoms with van der Waals surface area (Å²) in [5, 5.41) is 3.06. The highest BCUT2D eigenvalue weighted by atomic mass is 16.5. The highest BCUT2D eigenvalue weighted by molar-refractivity contribution is 5.42. The van der Waals surface area contributed by atoms with Gasteiger partial charge in [-0.3, -0.25) is 0 Å². The zero-order valence-corrected chi connectivity index (χ0v) is 13.2. The highest BCUT2D eigenvalue weighted by Crippen LogP contribution is 2.30. The molecule has 1 N–H and O–H groups in total. The van der Waals surface area contributed by atoms with Crippen LogP contribution in [-0.4, -0.2) is 17.0 Å². The Bertz CT molecular complexity index is 596. The predicted octanol–water partition coefficient (Wildman–Crippen LogP) is 4.39. The Kier molecular flexibility index (Phi) is 5.14. The number of rotatable bonds is 6. The molecule has 0 spiro atoms. The van der Waals surface area contributed by atoms with Gasteiger partial charge in [0.2, 0.25) is 5.88 Å². The molecule has 1 aromatic carbocycles. The van der Waals surface area contributed by atoms with Gasteiger partial charge in [0.25, 0.3) is 0 Å². The Balaban J connectivity index is 2.32. The fourth-order valence-corrected chi connectivity index (χ4v) is 2.15. The van der Waals surface area contributed by atoms with Crippen molar-refractivity contribution in [2.45, 2.75) is 39.5 Å². The van der Waals surface area contributed by atoms with Crippen LogP contribution in [0, 0.1) is 0 Å². The van der Waals surface area contributed by atoms with Gasteiger partial charge in [0.05, 0.1) is 0 Å². The molecule has 4 heteroatoms. The third-order valence-corrected chi connectivity index (χ3v) is 3.23. The first-order chi connectivity index (χ1) is 10.1. The Hall–Kier alpha value is -2.10. The number of nitrogens with zero attached hydrogens (tertiary/aromatic N) is 2. The van der Waals surface area contributed by atoms with Crippen LogP contribution in [0.1, 0.15) is 44.5 Å². The van der Waals surface area contributed by atoms with Crippen molar-refractivity contribution in [2.24, 2.45) is 0 Å². The van der Waals surface area contributed by atoms with Crippen LogP contribution in [0.25, 0.3) is 0 Å². The van der Waals surface area contributed by atoms with E-state index < -0.39 is 0 Å². The van der Waals surface area contributed by atoms with Crippen LogP contribution in [0.4, 0.5) is 5.82 Å². The molecule has 0 radical (unpaired) electrons. The minimum Gasteiger partial charge on any atom is -0.439 e. The summed E-state index contributed by atoms with van der Waals surface area (Å²) in [7, 11) is 1.85. The Morgan fingerprint density at radius 2 is 1.95 bits per heavy atom. The van der Waals surface area contributed by atoms with Crippen molar-refractivity contribution in [3.05, 3.63) is 41.7 Å². The van der Waals surface area contributed by atoms with Gasteiger partial charge in [0.1, 0.15) is 17.4 Å². The molecule has 2 rings (SSSR count). The molecule has 0 unspecified atom stereocenters. The van der Waals surface area contributed by atoms with Crippen LogP contribution >= 0.6 is 0 Å². The van der Waals surface area contributed by atoms with Gasteiger partial charge in [-0.15, -0.1) is 0 Å². The highest BCUT2D eigenvalue weighted by Gasteiger charge is 2.10. The van der Waals surface area contributed by atoms with Crippen molar-refractivity contribution in [3.63, 3.8) is 0 Å². The number of aromatic nitrogens is 2. The monoisotopic (exact) mass is 285 g/mol. The standard InChI is InChI=1S/C17H23N3O/c1-5-8-15-19-16(18-4)11-17(20-15)21-14-10-7-6-9-13(14)12(2)3/h6-7,9-12H,5,8H2,1-4H3,(H,18,19,20). The van der Waals surface area contributed by atoms with Gasteiger partial charge >= 0.3 is 0 Å². The first-order valence-electron chi connectivity index (χ1n) is 7.46. The molecule has 0 fully saturated rings. The third-order valence-electron chi connectivity index (χ3n) is 3.23. The van der Waals surface area contributed by atoms with E-state index in [2.05, 4.69) is 42.1 Å². The molecule has 112 valence electrons. The van der Waals surface area contributed by atoms with Crippen LogP contribution in [0.15, 0.2) is 30.3 Å². The molecular weight excluding hydrogens is 262 g/mol. The molecule has 1 aromatic heterocycles. The lowest BCUT2D eigenvalue weighted by Crippen LogP contribution is -2.02. The summed E-state index contributed by atoms with van der Waals surface area (Å²) in [4.78, 5) is 8.93. The third kappa shape index (κ3) is 3.94. The van der Waals surface area contributed by atoms with Gasteiger partial charge in [-0.05, 0) is 24.0 Å². The maximum Gasteiger partial charge on any atom is 0.224 e. The van der Waals surface area contributed by atoms with E-state index in [1.54, 1.807) is 0 Å². The summed E-state index contributed by atoms with van der Waals surface area (Å²) in [6.45, 7) is 6.43. The normalized spacial score (nSPS) is 10.7. The molecule has 0 aliphatic heterocycles. The zero-order chi connectivity index (χ0) is 15.2. The number of nitrogens with one attached hydrogen (secondary N) is 1. The summed E-state index contributed by atoms with van der Waals surface area (Å²) in [6.07, 6.45) is 1.85. The smallest absolute Gasteiger partial charge is 0.224 e. The average Bonchev–Trinajstić information content (AvgIpc) is 2.47. The van der Waals surface area contributed by atoms with Gasteiger partial charge in [0, 0.05) is 19.5 Å². The van der Waals surface area contributed by atoms with Crippen LogP contribution in [0.5, 0.6) is 11.6 Å². The van der Waals surface area contributed by atoms with Crippen molar-refractivity contribution in [2.75, 3.05) is 12.4 Å². The second-order valence-electron chi connectivity index (χ2n) is 5.30. The molecule has 21 heavy (non-hydrogen) atoms. The summed E-state index contributed by atoms with van der Waals surface area (Å²) in [5.74, 6) is 3.44. The van der Waals surface area contributed by atoms with E-state index in [1.807, 2.05) is 31.3 Å². The van der Waals surface area contributed by atoms with Crippen LogP contribution in [0.2, 0.25) is 0 Å². The number of hydrogen-bond donors (Lipinski definition) is 1. The van der Waals surface area contributed by atoms with Crippen LogP contribution < -0.4 is 10.1 Å². The molecule has 0 bridgehead atoms. The Morgan fingerprint density at radius 1 is 1.19 bits per heavy atom. The Labute approximate surface area is 126 Å². The topological polar surface area (TPSA) is 47.0 Å². The maximum absolute atomic E-state index is 6.01. The largest absolute Gasteiger partial charge is 0.439 e. The quantitative estimate of drug-likeness (QED) is 0.855. The Morgan fingerprint density at radius 3 is 2.62 bits per heavy atom. The van der Waals surface area contributed by atoms with Crippen molar-refractivity contribution >= 4 is 5.82 Å². The van der Waals surface area contributed by atoms with Gasteiger partial charge in [-0.2, -0.15) is 4.98 Å². The molecule has 1 heterocycles. The van der Waals surface area contributed by atoms with Crippen molar-refractivity contribution < 1.29 is 4.74 Å². The lowest BCUT2D eigenvalue weighted by Gasteiger charge is -2.14. The first-order valence-corrected chi connectivity index (χ1v) is 7.46. The lowest BCUT2D eigenvalue weighted by atomic mass is 10.0. The molecule has 0 aliphatic carbocycles. The van der Waals surface area contributed by atoms with Crippen molar-refractivity contribution in [3.8, 4) is 11.6 Å². The fraction of sp³-hybridized carbons (Fsp3) is 0.412. The maximum atomic E-state index is 6.01. The number of hydrogen-bond acceptors (Lipinski definition) is 4. The van der Waals surface area contributed by atoms with Crippen LogP contribution in [-0.2, 0) is 6.42 Å². The van der Waals surface area contributed by atoms with E-state index >= 15 is 0 Å². The van der Waals surface area contributed by atoms with Crippen molar-refractivity contribution in [1.29, 1.82) is 0 Å². The molecule has 0 saturated heterocycles. The number of ether oxygens (including phenoxy) is 1.